The number of hydrogen-bond acceptors (Lipinski definition) is 4. The first-order valence-corrected chi connectivity index (χ1v) is 5.21. The second kappa shape index (κ2) is 4.37. The lowest BCUT2D eigenvalue weighted by Gasteiger charge is -2.02. The van der Waals surface area contributed by atoms with Gasteiger partial charge in [0.1, 0.15) is 5.52 Å². The van der Waals surface area contributed by atoms with E-state index in [0.717, 1.165) is 11.1 Å². The highest BCUT2D eigenvalue weighted by Crippen LogP contribution is 2.16. The van der Waals surface area contributed by atoms with Crippen molar-refractivity contribution < 1.29 is 14.0 Å². The summed E-state index contributed by atoms with van der Waals surface area (Å²) in [6.07, 6.45) is 0. The Hall–Kier alpha value is -2.17. The number of carbonyl (C=O) groups is 2. The largest absolute Gasteiger partial charge is 0.441 e. The monoisotopic (exact) mass is 232 g/mol. The van der Waals surface area contributed by atoms with E-state index in [4.69, 9.17) is 4.42 Å². The van der Waals surface area contributed by atoms with Crippen LogP contribution >= 0.6 is 0 Å². The molecule has 5 nitrogen and oxygen atoms in total. The molecule has 0 aliphatic rings. The number of nitrogens with one attached hydrogen (secondary N) is 1. The third-order valence-corrected chi connectivity index (χ3v) is 2.33. The standard InChI is InChI=1S/C12H12N2O3/c1-7(15)12(16)13-6-9-3-4-11-10(5-9)14-8(2)17-11/h3-5H,6H2,1-2H3,(H,13,16). The van der Waals surface area contributed by atoms with Gasteiger partial charge in [0.05, 0.1) is 0 Å². The molecule has 0 bridgehead atoms. The van der Waals surface area contributed by atoms with Crippen LogP contribution in [0.25, 0.3) is 11.1 Å². The van der Waals surface area contributed by atoms with E-state index in [1.807, 2.05) is 12.1 Å². The van der Waals surface area contributed by atoms with Crippen LogP contribution in [0.1, 0.15) is 18.4 Å². The number of hydrogen-bond donors (Lipinski definition) is 1. The molecular formula is C12H12N2O3. The van der Waals surface area contributed by atoms with E-state index in [9.17, 15) is 9.59 Å². The third kappa shape index (κ3) is 2.50. The molecule has 0 atom stereocenters. The molecule has 17 heavy (non-hydrogen) atoms. The maximum absolute atomic E-state index is 11.1. The molecule has 0 radical (unpaired) electrons. The van der Waals surface area contributed by atoms with E-state index < -0.39 is 11.7 Å². The summed E-state index contributed by atoms with van der Waals surface area (Å²) in [5.41, 5.74) is 2.33. The van der Waals surface area contributed by atoms with E-state index in [0.29, 0.717) is 18.0 Å². The second-order valence-corrected chi connectivity index (χ2v) is 3.77. The van der Waals surface area contributed by atoms with Crippen LogP contribution in [0.2, 0.25) is 0 Å². The zero-order valence-electron chi connectivity index (χ0n) is 9.61. The normalized spacial score (nSPS) is 10.5. The first-order chi connectivity index (χ1) is 8.06. The number of amides is 1. The predicted octanol–water partition coefficient (Wildman–Crippen LogP) is 1.34. The number of aromatic nitrogens is 1. The van der Waals surface area contributed by atoms with E-state index in [-0.39, 0.29) is 0 Å². The van der Waals surface area contributed by atoms with Crippen LogP contribution in [0.3, 0.4) is 0 Å². The number of ketones is 1. The van der Waals surface area contributed by atoms with Crippen LogP contribution < -0.4 is 5.32 Å². The summed E-state index contributed by atoms with van der Waals surface area (Å²) in [5, 5.41) is 2.52. The van der Waals surface area contributed by atoms with Crippen LogP contribution in [0.4, 0.5) is 0 Å². The first kappa shape index (κ1) is 11.3. The average Bonchev–Trinajstić information content (AvgIpc) is 2.64. The number of rotatable bonds is 3. The average molecular weight is 232 g/mol. The van der Waals surface area contributed by atoms with Crippen LogP contribution in [0.15, 0.2) is 22.6 Å². The molecule has 0 spiro atoms. The van der Waals surface area contributed by atoms with Gasteiger partial charge in [-0.3, -0.25) is 9.59 Å². The highest BCUT2D eigenvalue weighted by molar-refractivity contribution is 6.35. The minimum Gasteiger partial charge on any atom is -0.441 e. The Morgan fingerprint density at radius 2 is 2.18 bits per heavy atom. The predicted molar refractivity (Wildman–Crippen MR) is 61.3 cm³/mol. The SMILES string of the molecule is CC(=O)C(=O)NCc1ccc2oc(C)nc2c1. The molecule has 0 aliphatic carbocycles. The summed E-state index contributed by atoms with van der Waals surface area (Å²) in [6, 6.07) is 5.45. The zero-order valence-corrected chi connectivity index (χ0v) is 9.61. The first-order valence-electron chi connectivity index (χ1n) is 5.21. The van der Waals surface area contributed by atoms with Crippen LogP contribution in [-0.4, -0.2) is 16.7 Å². The number of carbonyl (C=O) groups excluding carboxylic acids is 2. The minimum atomic E-state index is -0.582. The van der Waals surface area contributed by atoms with Gasteiger partial charge in [0, 0.05) is 20.4 Å². The van der Waals surface area contributed by atoms with E-state index in [1.54, 1.807) is 13.0 Å². The van der Waals surface area contributed by atoms with E-state index in [1.165, 1.54) is 6.92 Å². The van der Waals surface area contributed by atoms with E-state index in [2.05, 4.69) is 10.3 Å². The highest BCUT2D eigenvalue weighted by atomic mass is 16.3. The molecule has 1 heterocycles. The molecular weight excluding hydrogens is 220 g/mol. The second-order valence-electron chi connectivity index (χ2n) is 3.77. The van der Waals surface area contributed by atoms with Crippen molar-refractivity contribution in [2.24, 2.45) is 0 Å². The minimum absolute atomic E-state index is 0.306. The summed E-state index contributed by atoms with van der Waals surface area (Å²) < 4.78 is 5.33. The Kier molecular flexibility index (Phi) is 2.91. The fraction of sp³-hybridized carbons (Fsp3) is 0.250. The third-order valence-electron chi connectivity index (χ3n) is 2.33. The fourth-order valence-corrected chi connectivity index (χ4v) is 1.50. The summed E-state index contributed by atoms with van der Waals surface area (Å²) >= 11 is 0. The molecule has 0 fully saturated rings. The van der Waals surface area contributed by atoms with Crippen molar-refractivity contribution in [1.82, 2.24) is 10.3 Å². The van der Waals surface area contributed by atoms with Gasteiger partial charge in [0.2, 0.25) is 5.78 Å². The zero-order chi connectivity index (χ0) is 12.4. The lowest BCUT2D eigenvalue weighted by Crippen LogP contribution is -2.28. The lowest BCUT2D eigenvalue weighted by atomic mass is 10.2. The molecule has 88 valence electrons. The van der Waals surface area contributed by atoms with Gasteiger partial charge in [-0.15, -0.1) is 0 Å². The smallest absolute Gasteiger partial charge is 0.287 e. The summed E-state index contributed by atoms with van der Waals surface area (Å²) in [6.45, 7) is 3.32. The van der Waals surface area contributed by atoms with Gasteiger partial charge in [0.25, 0.3) is 5.91 Å². The van der Waals surface area contributed by atoms with Crippen molar-refractivity contribution in [3.63, 3.8) is 0 Å². The molecule has 0 saturated carbocycles. The van der Waals surface area contributed by atoms with Crippen LogP contribution in [0, 0.1) is 6.92 Å². The number of nitrogens with zero attached hydrogens (tertiary/aromatic N) is 1. The number of aryl methyl sites for hydroxylation is 1. The van der Waals surface area contributed by atoms with Crippen molar-refractivity contribution in [1.29, 1.82) is 0 Å². The van der Waals surface area contributed by atoms with Crippen molar-refractivity contribution in [2.45, 2.75) is 20.4 Å². The quantitative estimate of drug-likeness (QED) is 0.810. The summed E-state index contributed by atoms with van der Waals surface area (Å²) in [7, 11) is 0. The molecule has 1 amide bonds. The van der Waals surface area contributed by atoms with Gasteiger partial charge < -0.3 is 9.73 Å². The van der Waals surface area contributed by atoms with Gasteiger partial charge in [0.15, 0.2) is 11.5 Å². The maximum Gasteiger partial charge on any atom is 0.287 e. The molecule has 2 aromatic rings. The number of fused-ring (bicyclic) bond motifs is 1. The van der Waals surface area contributed by atoms with Crippen LogP contribution in [0.5, 0.6) is 0 Å². The molecule has 1 aromatic carbocycles. The van der Waals surface area contributed by atoms with Gasteiger partial charge in [-0.25, -0.2) is 4.98 Å². The van der Waals surface area contributed by atoms with Crippen molar-refractivity contribution in [3.05, 3.63) is 29.7 Å². The van der Waals surface area contributed by atoms with Crippen LogP contribution in [-0.2, 0) is 16.1 Å². The summed E-state index contributed by atoms with van der Waals surface area (Å²) in [5.74, 6) is -0.477. The number of benzene rings is 1. The maximum atomic E-state index is 11.1. The Labute approximate surface area is 97.8 Å². The molecule has 1 aromatic heterocycles. The Bertz CT molecular complexity index is 586. The molecule has 2 rings (SSSR count). The Morgan fingerprint density at radius 1 is 1.41 bits per heavy atom. The molecule has 1 N–H and O–H groups in total. The van der Waals surface area contributed by atoms with Crippen molar-refractivity contribution >= 4 is 22.8 Å². The van der Waals surface area contributed by atoms with Gasteiger partial charge in [-0.1, -0.05) is 6.07 Å². The molecule has 0 saturated heterocycles. The molecule has 0 unspecified atom stereocenters. The topological polar surface area (TPSA) is 72.2 Å². The number of Topliss-reactive ketones (excluding diaryl/α,β-unsaturated/α-hetero) is 1. The van der Waals surface area contributed by atoms with Crippen molar-refractivity contribution in [3.8, 4) is 0 Å². The Balaban J connectivity index is 2.14. The highest BCUT2D eigenvalue weighted by Gasteiger charge is 2.07. The molecule has 5 heteroatoms. The number of oxazole rings is 1. The summed E-state index contributed by atoms with van der Waals surface area (Å²) in [4.78, 5) is 26.0. The fourth-order valence-electron chi connectivity index (χ4n) is 1.50. The van der Waals surface area contributed by atoms with Gasteiger partial charge >= 0.3 is 0 Å². The van der Waals surface area contributed by atoms with Gasteiger partial charge in [-0.05, 0) is 17.7 Å². The lowest BCUT2D eigenvalue weighted by molar-refractivity contribution is -0.136. The van der Waals surface area contributed by atoms with Gasteiger partial charge in [-0.2, -0.15) is 0 Å². The Morgan fingerprint density at radius 3 is 2.88 bits per heavy atom. The van der Waals surface area contributed by atoms with Crippen molar-refractivity contribution in [2.75, 3.05) is 0 Å². The van der Waals surface area contributed by atoms with E-state index >= 15 is 0 Å². The molecule has 0 aliphatic heterocycles.